The van der Waals surface area contributed by atoms with Gasteiger partial charge in [0.05, 0.1) is 5.02 Å². The largest absolute Gasteiger partial charge is 0.486 e. The predicted molar refractivity (Wildman–Crippen MR) is 92.3 cm³/mol. The second kappa shape index (κ2) is 7.55. The van der Waals surface area contributed by atoms with Gasteiger partial charge in [0.2, 0.25) is 5.91 Å². The van der Waals surface area contributed by atoms with Crippen LogP contribution < -0.4 is 20.5 Å². The zero-order valence-electron chi connectivity index (χ0n) is 13.1. The maximum absolute atomic E-state index is 12.1. The number of benzene rings is 2. The number of carbonyl (C=O) groups is 1. The number of ether oxygens (including phenoxy) is 2. The smallest absolute Gasteiger partial charge is 0.222 e. The summed E-state index contributed by atoms with van der Waals surface area (Å²) in [5.41, 5.74) is 7.85. The van der Waals surface area contributed by atoms with Crippen molar-refractivity contribution in [2.75, 3.05) is 13.2 Å². The molecule has 0 spiro atoms. The van der Waals surface area contributed by atoms with Gasteiger partial charge in [-0.05, 0) is 23.3 Å². The molecule has 0 bridgehead atoms. The Morgan fingerprint density at radius 2 is 1.96 bits per heavy atom. The number of amides is 1. The summed E-state index contributed by atoms with van der Waals surface area (Å²) >= 11 is 6.19. The van der Waals surface area contributed by atoms with Crippen LogP contribution in [0.1, 0.15) is 23.6 Å². The number of nitrogens with one attached hydrogen (secondary N) is 1. The van der Waals surface area contributed by atoms with Gasteiger partial charge in [-0.2, -0.15) is 0 Å². The maximum Gasteiger partial charge on any atom is 0.222 e. The lowest BCUT2D eigenvalue weighted by atomic mass is 10.0. The third-order valence-electron chi connectivity index (χ3n) is 3.78. The minimum atomic E-state index is -0.324. The summed E-state index contributed by atoms with van der Waals surface area (Å²) in [5, 5.41) is 3.34. The summed E-state index contributed by atoms with van der Waals surface area (Å²) in [6, 6.07) is 12.8. The molecule has 0 radical (unpaired) electrons. The first kappa shape index (κ1) is 16.6. The van der Waals surface area contributed by atoms with Crippen LogP contribution in [0.4, 0.5) is 0 Å². The Morgan fingerprint density at radius 1 is 1.21 bits per heavy atom. The van der Waals surface area contributed by atoms with Crippen molar-refractivity contribution in [3.05, 3.63) is 58.6 Å². The molecule has 1 aliphatic rings. The van der Waals surface area contributed by atoms with Crippen LogP contribution in [-0.2, 0) is 11.3 Å². The molecule has 0 saturated carbocycles. The third-order valence-corrected chi connectivity index (χ3v) is 4.06. The van der Waals surface area contributed by atoms with Gasteiger partial charge < -0.3 is 20.5 Å². The predicted octanol–water partition coefficient (Wildman–Crippen LogP) is 2.82. The third kappa shape index (κ3) is 3.99. The highest BCUT2D eigenvalue weighted by molar-refractivity contribution is 6.32. The molecule has 1 aliphatic heterocycles. The zero-order chi connectivity index (χ0) is 16.9. The van der Waals surface area contributed by atoms with Crippen LogP contribution in [-0.4, -0.2) is 19.1 Å². The minimum absolute atomic E-state index is 0.114. The summed E-state index contributed by atoms with van der Waals surface area (Å²) in [7, 11) is 0. The molecule has 2 aromatic carbocycles. The maximum atomic E-state index is 12.1. The molecule has 0 saturated heterocycles. The zero-order valence-corrected chi connectivity index (χ0v) is 13.9. The van der Waals surface area contributed by atoms with Crippen molar-refractivity contribution in [3.8, 4) is 11.5 Å². The van der Waals surface area contributed by atoms with Crippen LogP contribution in [0.2, 0.25) is 5.02 Å². The van der Waals surface area contributed by atoms with Gasteiger partial charge >= 0.3 is 0 Å². The van der Waals surface area contributed by atoms with Crippen LogP contribution in [0.5, 0.6) is 11.5 Å². The van der Waals surface area contributed by atoms with E-state index in [9.17, 15) is 4.79 Å². The summed E-state index contributed by atoms with van der Waals surface area (Å²) in [5.74, 6) is 1.06. The van der Waals surface area contributed by atoms with E-state index < -0.39 is 0 Å². The lowest BCUT2D eigenvalue weighted by Crippen LogP contribution is -2.27. The molecule has 3 rings (SSSR count). The fourth-order valence-electron chi connectivity index (χ4n) is 2.56. The first-order chi connectivity index (χ1) is 11.6. The van der Waals surface area contributed by atoms with E-state index in [0.29, 0.717) is 36.3 Å². The van der Waals surface area contributed by atoms with Crippen molar-refractivity contribution < 1.29 is 14.3 Å². The monoisotopic (exact) mass is 346 g/mol. The Balaban J connectivity index is 1.57. The average molecular weight is 347 g/mol. The lowest BCUT2D eigenvalue weighted by molar-refractivity contribution is -0.121. The first-order valence-electron chi connectivity index (χ1n) is 7.79. The molecule has 0 aromatic heterocycles. The van der Waals surface area contributed by atoms with Crippen molar-refractivity contribution in [2.24, 2.45) is 5.73 Å². The summed E-state index contributed by atoms with van der Waals surface area (Å²) in [4.78, 5) is 12.1. The molecule has 0 fully saturated rings. The van der Waals surface area contributed by atoms with Crippen LogP contribution in [0.15, 0.2) is 42.5 Å². The Labute approximate surface area is 145 Å². The summed E-state index contributed by atoms with van der Waals surface area (Å²) < 4.78 is 11.0. The van der Waals surface area contributed by atoms with Gasteiger partial charge in [-0.3, -0.25) is 4.79 Å². The average Bonchev–Trinajstić information content (AvgIpc) is 2.61. The van der Waals surface area contributed by atoms with Gasteiger partial charge in [-0.15, -0.1) is 0 Å². The highest BCUT2D eigenvalue weighted by atomic mass is 35.5. The van der Waals surface area contributed by atoms with E-state index in [1.807, 2.05) is 36.4 Å². The Kier molecular flexibility index (Phi) is 5.23. The van der Waals surface area contributed by atoms with Crippen LogP contribution in [0.25, 0.3) is 0 Å². The molecule has 1 amide bonds. The number of hydrogen-bond donors (Lipinski definition) is 2. The normalized spacial score (nSPS) is 14.1. The summed E-state index contributed by atoms with van der Waals surface area (Å²) in [6.07, 6.45) is 0.225. The molecular weight excluding hydrogens is 328 g/mol. The molecule has 1 atom stereocenters. The topological polar surface area (TPSA) is 73.6 Å². The standard InChI is InChI=1S/C18H19ClN2O3/c19-14-8-12(9-16-18(14)24-7-6-23-16)11-21-17(22)10-15(20)13-4-2-1-3-5-13/h1-5,8-9,15H,6-7,10-11,20H2,(H,21,22). The van der Waals surface area contributed by atoms with Crippen molar-refractivity contribution in [2.45, 2.75) is 19.0 Å². The molecule has 3 N–H and O–H groups in total. The first-order valence-corrected chi connectivity index (χ1v) is 8.16. The molecule has 5 nitrogen and oxygen atoms in total. The van der Waals surface area contributed by atoms with E-state index in [4.69, 9.17) is 26.8 Å². The second-order valence-electron chi connectivity index (χ2n) is 5.60. The molecule has 1 unspecified atom stereocenters. The number of nitrogens with two attached hydrogens (primary N) is 1. The Hall–Kier alpha value is -2.24. The Bertz CT molecular complexity index is 722. The molecular formula is C18H19ClN2O3. The lowest BCUT2D eigenvalue weighted by Gasteiger charge is -2.20. The van der Waals surface area contributed by atoms with E-state index in [-0.39, 0.29) is 18.4 Å². The SMILES string of the molecule is NC(CC(=O)NCc1cc(Cl)c2c(c1)OCCO2)c1ccccc1. The van der Waals surface area contributed by atoms with Crippen molar-refractivity contribution in [1.29, 1.82) is 0 Å². The van der Waals surface area contributed by atoms with Crippen molar-refractivity contribution in [1.82, 2.24) is 5.32 Å². The van der Waals surface area contributed by atoms with Crippen molar-refractivity contribution >= 4 is 17.5 Å². The molecule has 6 heteroatoms. The van der Waals surface area contributed by atoms with Crippen molar-refractivity contribution in [3.63, 3.8) is 0 Å². The molecule has 24 heavy (non-hydrogen) atoms. The van der Waals surface area contributed by atoms with Crippen LogP contribution >= 0.6 is 11.6 Å². The van der Waals surface area contributed by atoms with E-state index in [2.05, 4.69) is 5.32 Å². The molecule has 0 aliphatic carbocycles. The highest BCUT2D eigenvalue weighted by Crippen LogP contribution is 2.38. The second-order valence-corrected chi connectivity index (χ2v) is 6.01. The van der Waals surface area contributed by atoms with Gasteiger partial charge in [0.1, 0.15) is 13.2 Å². The highest BCUT2D eigenvalue weighted by Gasteiger charge is 2.17. The van der Waals surface area contributed by atoms with Gasteiger partial charge in [-0.25, -0.2) is 0 Å². The Morgan fingerprint density at radius 3 is 2.75 bits per heavy atom. The molecule has 2 aromatic rings. The fraction of sp³-hybridized carbons (Fsp3) is 0.278. The van der Waals surface area contributed by atoms with Gasteiger partial charge in [0, 0.05) is 19.0 Å². The van der Waals surface area contributed by atoms with E-state index in [0.717, 1.165) is 11.1 Å². The number of halogens is 1. The number of rotatable bonds is 5. The van der Waals surface area contributed by atoms with Gasteiger partial charge in [-0.1, -0.05) is 41.9 Å². The van der Waals surface area contributed by atoms with Crippen LogP contribution in [0.3, 0.4) is 0 Å². The van der Waals surface area contributed by atoms with E-state index in [1.165, 1.54) is 0 Å². The van der Waals surface area contributed by atoms with Gasteiger partial charge in [0.15, 0.2) is 11.5 Å². The van der Waals surface area contributed by atoms with E-state index in [1.54, 1.807) is 6.07 Å². The van der Waals surface area contributed by atoms with Gasteiger partial charge in [0.25, 0.3) is 0 Å². The number of fused-ring (bicyclic) bond motifs is 1. The minimum Gasteiger partial charge on any atom is -0.486 e. The van der Waals surface area contributed by atoms with E-state index >= 15 is 0 Å². The number of carbonyl (C=O) groups excluding carboxylic acids is 1. The van der Waals surface area contributed by atoms with Crippen LogP contribution in [0, 0.1) is 0 Å². The number of hydrogen-bond acceptors (Lipinski definition) is 4. The summed E-state index contributed by atoms with van der Waals surface area (Å²) in [6.45, 7) is 1.34. The molecule has 126 valence electrons. The fourth-order valence-corrected chi connectivity index (χ4v) is 2.84. The quantitative estimate of drug-likeness (QED) is 0.873. The molecule has 1 heterocycles.